The summed E-state index contributed by atoms with van der Waals surface area (Å²) < 4.78 is 16.6. The predicted octanol–water partition coefficient (Wildman–Crippen LogP) is 5.23. The highest BCUT2D eigenvalue weighted by atomic mass is 16.5. The van der Waals surface area contributed by atoms with Gasteiger partial charge in [-0.1, -0.05) is 33.8 Å². The fourth-order valence-corrected chi connectivity index (χ4v) is 4.42. The average molecular weight is 482 g/mol. The second-order valence-corrected chi connectivity index (χ2v) is 9.50. The maximum Gasteiger partial charge on any atom is 0.295 e. The lowest BCUT2D eigenvalue weighted by Gasteiger charge is -2.26. The first-order chi connectivity index (χ1) is 16.6. The Morgan fingerprint density at radius 1 is 0.971 bits per heavy atom. The van der Waals surface area contributed by atoms with Crippen LogP contribution >= 0.6 is 0 Å². The molecule has 7 nitrogen and oxygen atoms in total. The first kappa shape index (κ1) is 26.1. The number of aliphatic hydroxyl groups excluding tert-OH is 1. The van der Waals surface area contributed by atoms with E-state index in [1.54, 1.807) is 37.4 Å². The van der Waals surface area contributed by atoms with E-state index >= 15 is 0 Å². The van der Waals surface area contributed by atoms with Gasteiger partial charge in [0, 0.05) is 17.7 Å². The number of methoxy groups -OCH3 is 2. The van der Waals surface area contributed by atoms with Gasteiger partial charge in [0.15, 0.2) is 11.5 Å². The molecule has 2 aromatic carbocycles. The Balaban J connectivity index is 2.23. The molecule has 1 amide bonds. The molecular formula is C28H35NO6. The topological polar surface area (TPSA) is 85.3 Å². The summed E-state index contributed by atoms with van der Waals surface area (Å²) in [7, 11) is 3.13. The molecule has 188 valence electrons. The lowest BCUT2D eigenvalue weighted by molar-refractivity contribution is -0.139. The minimum atomic E-state index is -0.750. The normalized spacial score (nSPS) is 17.6. The van der Waals surface area contributed by atoms with Crippen molar-refractivity contribution in [2.24, 2.45) is 0 Å². The van der Waals surface area contributed by atoms with Crippen LogP contribution < -0.4 is 14.2 Å². The van der Waals surface area contributed by atoms with Gasteiger partial charge >= 0.3 is 0 Å². The largest absolute Gasteiger partial charge is 0.507 e. The number of aliphatic hydroxyl groups is 1. The molecule has 1 saturated heterocycles. The van der Waals surface area contributed by atoms with Gasteiger partial charge in [-0.2, -0.15) is 0 Å². The number of nitrogens with zero attached hydrogens (tertiary/aromatic N) is 1. The van der Waals surface area contributed by atoms with Crippen LogP contribution in [-0.2, 0) is 15.0 Å². The molecule has 7 heteroatoms. The summed E-state index contributed by atoms with van der Waals surface area (Å²) in [6.07, 6.45) is 0.661. The van der Waals surface area contributed by atoms with Gasteiger partial charge in [-0.25, -0.2) is 0 Å². The Kier molecular flexibility index (Phi) is 7.78. The Bertz CT molecular complexity index is 1140. The molecule has 2 aromatic rings. The highest BCUT2D eigenvalue weighted by Gasteiger charge is 2.46. The molecule has 0 radical (unpaired) electrons. The fraction of sp³-hybridized carbons (Fsp3) is 0.429. The highest BCUT2D eigenvalue weighted by molar-refractivity contribution is 6.46. The Morgan fingerprint density at radius 3 is 2.20 bits per heavy atom. The molecule has 0 aromatic heterocycles. The van der Waals surface area contributed by atoms with Gasteiger partial charge < -0.3 is 24.2 Å². The molecule has 1 unspecified atom stereocenters. The van der Waals surface area contributed by atoms with Gasteiger partial charge in [-0.15, -0.1) is 0 Å². The van der Waals surface area contributed by atoms with Crippen molar-refractivity contribution in [1.29, 1.82) is 0 Å². The van der Waals surface area contributed by atoms with E-state index in [2.05, 4.69) is 0 Å². The third-order valence-corrected chi connectivity index (χ3v) is 6.09. The summed E-state index contributed by atoms with van der Waals surface area (Å²) in [6.45, 7) is 10.8. The van der Waals surface area contributed by atoms with Crippen LogP contribution in [0.1, 0.15) is 63.8 Å². The lowest BCUT2D eigenvalue weighted by Crippen LogP contribution is -2.30. The number of benzene rings is 2. The molecule has 1 atom stereocenters. The van der Waals surface area contributed by atoms with E-state index in [0.717, 1.165) is 5.56 Å². The van der Waals surface area contributed by atoms with Crippen molar-refractivity contribution in [1.82, 2.24) is 4.90 Å². The smallest absolute Gasteiger partial charge is 0.295 e. The summed E-state index contributed by atoms with van der Waals surface area (Å²) in [5, 5.41) is 11.4. The molecule has 1 heterocycles. The van der Waals surface area contributed by atoms with E-state index in [0.29, 0.717) is 47.9 Å². The van der Waals surface area contributed by atoms with Crippen molar-refractivity contribution in [2.45, 2.75) is 52.5 Å². The number of hydrogen-bond acceptors (Lipinski definition) is 6. The number of carbonyl (C=O) groups excluding carboxylic acids is 2. The van der Waals surface area contributed by atoms with E-state index in [1.165, 1.54) is 12.0 Å². The van der Waals surface area contributed by atoms with E-state index in [1.807, 2.05) is 40.7 Å². The number of ether oxygens (including phenoxy) is 3. The minimum absolute atomic E-state index is 0.0553. The van der Waals surface area contributed by atoms with Crippen LogP contribution in [0.15, 0.2) is 42.0 Å². The summed E-state index contributed by atoms with van der Waals surface area (Å²) in [6, 6.07) is 9.85. The molecule has 0 aliphatic carbocycles. The first-order valence-electron chi connectivity index (χ1n) is 11.9. The van der Waals surface area contributed by atoms with Crippen molar-refractivity contribution in [2.75, 3.05) is 27.4 Å². The fourth-order valence-electron chi connectivity index (χ4n) is 4.42. The van der Waals surface area contributed by atoms with Crippen LogP contribution in [0, 0.1) is 0 Å². The Hall–Kier alpha value is -3.48. The van der Waals surface area contributed by atoms with E-state index in [9.17, 15) is 14.7 Å². The summed E-state index contributed by atoms with van der Waals surface area (Å²) in [4.78, 5) is 27.8. The molecule has 35 heavy (non-hydrogen) atoms. The van der Waals surface area contributed by atoms with Gasteiger partial charge in [-0.05, 0) is 54.7 Å². The van der Waals surface area contributed by atoms with E-state index in [4.69, 9.17) is 14.2 Å². The van der Waals surface area contributed by atoms with Crippen molar-refractivity contribution in [3.63, 3.8) is 0 Å². The molecule has 0 bridgehead atoms. The molecule has 1 N–H and O–H groups in total. The predicted molar refractivity (Wildman–Crippen MR) is 135 cm³/mol. The molecule has 1 aliphatic heterocycles. The first-order valence-corrected chi connectivity index (χ1v) is 11.9. The van der Waals surface area contributed by atoms with Crippen LogP contribution in [0.25, 0.3) is 5.76 Å². The molecule has 0 saturated carbocycles. The molecule has 3 rings (SSSR count). The minimum Gasteiger partial charge on any atom is -0.507 e. The van der Waals surface area contributed by atoms with Crippen molar-refractivity contribution < 1.29 is 28.9 Å². The maximum atomic E-state index is 13.2. The van der Waals surface area contributed by atoms with Crippen LogP contribution in [0.4, 0.5) is 0 Å². The van der Waals surface area contributed by atoms with E-state index in [-0.39, 0.29) is 16.7 Å². The van der Waals surface area contributed by atoms with E-state index < -0.39 is 17.7 Å². The zero-order chi connectivity index (χ0) is 25.9. The number of Topliss-reactive ketones (excluding diaryl/α,β-unsaturated/α-hetero) is 1. The molecule has 1 aliphatic rings. The monoisotopic (exact) mass is 481 g/mol. The van der Waals surface area contributed by atoms with Crippen molar-refractivity contribution in [3.8, 4) is 17.2 Å². The summed E-state index contributed by atoms with van der Waals surface area (Å²) in [5.41, 5.74) is 1.78. The maximum absolute atomic E-state index is 13.2. The SMILES string of the molecule is CCCN1C(=O)C(=O)/C(=C(/O)c2ccc(OC)c(C(C)(C)C)c2)C1c1ccc(OCC)c(OC)c1. The van der Waals surface area contributed by atoms with Gasteiger partial charge in [-0.3, -0.25) is 9.59 Å². The number of rotatable bonds is 8. The van der Waals surface area contributed by atoms with Gasteiger partial charge in [0.05, 0.1) is 32.4 Å². The average Bonchev–Trinajstić information content (AvgIpc) is 3.08. The van der Waals surface area contributed by atoms with Gasteiger partial charge in [0.1, 0.15) is 11.5 Å². The Labute approximate surface area is 207 Å². The van der Waals surface area contributed by atoms with Crippen LogP contribution in [0.2, 0.25) is 0 Å². The standard InChI is InChI=1S/C28H35NO6/c1-8-14-29-24(17-10-13-21(35-9-2)22(16-17)34-7)23(26(31)27(29)32)25(30)18-11-12-20(33-6)19(15-18)28(3,4)5/h10-13,15-16,24,30H,8-9,14H2,1-7H3/b25-23+. The quantitative estimate of drug-likeness (QED) is 0.316. The number of likely N-dealkylation sites (tertiary alicyclic amines) is 1. The van der Waals surface area contributed by atoms with Crippen LogP contribution in [-0.4, -0.2) is 49.1 Å². The van der Waals surface area contributed by atoms with Gasteiger partial charge in [0.25, 0.3) is 11.7 Å². The van der Waals surface area contributed by atoms with Crippen LogP contribution in [0.3, 0.4) is 0 Å². The van der Waals surface area contributed by atoms with Crippen molar-refractivity contribution in [3.05, 3.63) is 58.7 Å². The zero-order valence-corrected chi connectivity index (χ0v) is 21.6. The number of carbonyl (C=O) groups is 2. The third kappa shape index (κ3) is 4.99. The summed E-state index contributed by atoms with van der Waals surface area (Å²) in [5.74, 6) is 0.195. The van der Waals surface area contributed by atoms with Crippen molar-refractivity contribution >= 4 is 17.4 Å². The zero-order valence-electron chi connectivity index (χ0n) is 21.6. The second kappa shape index (κ2) is 10.4. The lowest BCUT2D eigenvalue weighted by atomic mass is 9.84. The number of amides is 1. The molecule has 0 spiro atoms. The highest BCUT2D eigenvalue weighted by Crippen LogP contribution is 2.43. The van der Waals surface area contributed by atoms with Gasteiger partial charge in [0.2, 0.25) is 0 Å². The third-order valence-electron chi connectivity index (χ3n) is 6.09. The number of ketones is 1. The van der Waals surface area contributed by atoms with Crippen LogP contribution in [0.5, 0.6) is 17.2 Å². The Morgan fingerprint density at radius 2 is 1.63 bits per heavy atom. The number of hydrogen-bond donors (Lipinski definition) is 1. The summed E-state index contributed by atoms with van der Waals surface area (Å²) >= 11 is 0. The molecule has 1 fully saturated rings. The molecular weight excluding hydrogens is 446 g/mol. The second-order valence-electron chi connectivity index (χ2n) is 9.50.